The summed E-state index contributed by atoms with van der Waals surface area (Å²) < 4.78 is 50.3. The number of allylic oxidation sites excluding steroid dienone is 1. The van der Waals surface area contributed by atoms with Crippen LogP contribution in [0.1, 0.15) is 18.1 Å². The summed E-state index contributed by atoms with van der Waals surface area (Å²) in [5.41, 5.74) is -0.205. The van der Waals surface area contributed by atoms with Gasteiger partial charge in [-0.3, -0.25) is 0 Å². The van der Waals surface area contributed by atoms with Gasteiger partial charge < -0.3 is 4.74 Å². The van der Waals surface area contributed by atoms with Gasteiger partial charge in [0, 0.05) is 6.08 Å². The van der Waals surface area contributed by atoms with Crippen molar-refractivity contribution in [2.24, 2.45) is 0 Å². The fourth-order valence-electron chi connectivity index (χ4n) is 1.76. The highest BCUT2D eigenvalue weighted by Gasteiger charge is 2.51. The van der Waals surface area contributed by atoms with Gasteiger partial charge in [0.2, 0.25) is 0 Å². The Hall–Kier alpha value is -2.00. The molecule has 1 aliphatic rings. The lowest BCUT2D eigenvalue weighted by Gasteiger charge is -2.34. The van der Waals surface area contributed by atoms with Gasteiger partial charge in [0.1, 0.15) is 5.75 Å². The largest absolute Gasteiger partial charge is 0.432 e. The molecule has 0 amide bonds. The highest BCUT2D eigenvalue weighted by Crippen LogP contribution is 2.46. The summed E-state index contributed by atoms with van der Waals surface area (Å²) in [5, 5.41) is 8.54. The van der Waals surface area contributed by atoms with Crippen LogP contribution in [0.25, 0.3) is 0 Å². The molecule has 0 saturated carbocycles. The Morgan fingerprint density at radius 3 is 2.74 bits per heavy atom. The summed E-state index contributed by atoms with van der Waals surface area (Å²) in [6.45, 7) is 1.46. The van der Waals surface area contributed by atoms with Crippen LogP contribution in [0.5, 0.6) is 5.75 Å². The summed E-state index contributed by atoms with van der Waals surface area (Å²) in [4.78, 5) is 0. The van der Waals surface area contributed by atoms with Crippen molar-refractivity contribution in [3.05, 3.63) is 41.5 Å². The molecule has 0 spiro atoms. The second-order valence-corrected chi connectivity index (χ2v) is 3.97. The minimum atomic E-state index is -3.83. The Morgan fingerprint density at radius 1 is 1.37 bits per heavy atom. The number of benzene rings is 1. The fourth-order valence-corrected chi connectivity index (χ4v) is 1.76. The van der Waals surface area contributed by atoms with Crippen LogP contribution in [0.2, 0.25) is 0 Å². The first-order chi connectivity index (χ1) is 8.90. The highest BCUT2D eigenvalue weighted by molar-refractivity contribution is 5.41. The molecule has 0 aliphatic carbocycles. The van der Waals surface area contributed by atoms with Crippen molar-refractivity contribution in [1.82, 2.24) is 0 Å². The van der Waals surface area contributed by atoms with Crippen molar-refractivity contribution in [2.75, 3.05) is 0 Å². The molecule has 3 nitrogen and oxygen atoms in total. The van der Waals surface area contributed by atoms with Gasteiger partial charge in [-0.25, -0.2) is 4.74 Å². The molecule has 0 fully saturated rings. The Bertz CT molecular complexity index is 565. The molecule has 1 heterocycles. The smallest absolute Gasteiger partial charge is 0.392 e. The van der Waals surface area contributed by atoms with E-state index in [0.29, 0.717) is 5.56 Å². The van der Waals surface area contributed by atoms with E-state index in [9.17, 15) is 13.2 Å². The molecule has 0 aromatic heterocycles. The van der Waals surface area contributed by atoms with Gasteiger partial charge in [0.05, 0.1) is 18.1 Å². The van der Waals surface area contributed by atoms with E-state index in [1.807, 2.05) is 6.07 Å². The number of nitrogens with zero attached hydrogens (tertiary/aromatic N) is 1. The van der Waals surface area contributed by atoms with Crippen LogP contribution in [0.3, 0.4) is 0 Å². The van der Waals surface area contributed by atoms with Crippen molar-refractivity contribution in [3.63, 3.8) is 0 Å². The molecule has 1 atom stereocenters. The quantitative estimate of drug-likeness (QED) is 0.773. The third-order valence-corrected chi connectivity index (χ3v) is 2.52. The number of hydrogen-bond acceptors (Lipinski definition) is 3. The fraction of sp³-hybridized carbons (Fsp3) is 0.308. The average Bonchev–Trinajstić information content (AvgIpc) is 2.29. The molecular weight excluding hydrogens is 259 g/mol. The molecule has 0 bridgehead atoms. The summed E-state index contributed by atoms with van der Waals surface area (Å²) in [6.07, 6.45) is -1.88. The van der Waals surface area contributed by atoms with E-state index in [1.54, 1.807) is 0 Å². The van der Waals surface area contributed by atoms with Gasteiger partial charge >= 0.3 is 12.1 Å². The van der Waals surface area contributed by atoms with Crippen LogP contribution in [0.15, 0.2) is 30.4 Å². The second kappa shape index (κ2) is 4.59. The summed E-state index contributed by atoms with van der Waals surface area (Å²) in [7, 11) is 0. The first-order valence-electron chi connectivity index (χ1n) is 5.50. The van der Waals surface area contributed by atoms with Crippen molar-refractivity contribution in [3.8, 4) is 11.8 Å². The summed E-state index contributed by atoms with van der Waals surface area (Å²) in [6, 6.07) is 2.56. The van der Waals surface area contributed by atoms with E-state index in [0.717, 1.165) is 12.1 Å². The Balaban J connectivity index is 2.47. The topological polar surface area (TPSA) is 42.2 Å². The number of nitriles is 1. The number of alkyl halides is 3. The molecule has 100 valence electrons. The highest BCUT2D eigenvalue weighted by atomic mass is 19.3. The minimum Gasteiger partial charge on any atom is -0.432 e. The molecular formula is C13H10F3NO2. The van der Waals surface area contributed by atoms with Crippen LogP contribution in [-0.4, -0.2) is 6.04 Å². The van der Waals surface area contributed by atoms with E-state index in [2.05, 4.69) is 4.74 Å². The predicted molar refractivity (Wildman–Crippen MR) is 60.0 cm³/mol. The maximum absolute atomic E-state index is 13.9. The normalized spacial score (nSPS) is 24.6. The van der Waals surface area contributed by atoms with E-state index in [1.165, 1.54) is 25.1 Å². The van der Waals surface area contributed by atoms with E-state index in [-0.39, 0.29) is 12.2 Å². The zero-order chi connectivity index (χ0) is 14.1. The van der Waals surface area contributed by atoms with Gasteiger partial charge in [-0.15, -0.1) is 0 Å². The van der Waals surface area contributed by atoms with Crippen LogP contribution < -0.4 is 4.74 Å². The average molecular weight is 269 g/mol. The third kappa shape index (κ3) is 2.56. The number of rotatable bonds is 2. The second-order valence-electron chi connectivity index (χ2n) is 3.97. The van der Waals surface area contributed by atoms with Crippen molar-refractivity contribution >= 4 is 0 Å². The molecule has 0 saturated heterocycles. The van der Waals surface area contributed by atoms with Crippen LogP contribution >= 0.6 is 0 Å². The molecule has 1 aliphatic heterocycles. The van der Waals surface area contributed by atoms with Gasteiger partial charge in [-0.1, -0.05) is 12.1 Å². The van der Waals surface area contributed by atoms with Gasteiger partial charge in [-0.05, 0) is 24.6 Å². The molecule has 1 aromatic carbocycles. The number of hydrogen-bond donors (Lipinski definition) is 0. The lowest BCUT2D eigenvalue weighted by Crippen LogP contribution is -2.43. The van der Waals surface area contributed by atoms with Crippen LogP contribution in [0.4, 0.5) is 13.2 Å². The number of fused-ring (bicyclic) bond motifs is 1. The number of ether oxygens (including phenoxy) is 2. The van der Waals surface area contributed by atoms with Gasteiger partial charge in [-0.2, -0.15) is 18.4 Å². The molecule has 1 unspecified atom stereocenters. The van der Waals surface area contributed by atoms with E-state index >= 15 is 0 Å². The molecule has 1 aromatic rings. The molecule has 0 radical (unpaired) electrons. The van der Waals surface area contributed by atoms with Crippen molar-refractivity contribution in [2.45, 2.75) is 25.5 Å². The Kier molecular flexibility index (Phi) is 3.25. The predicted octanol–water partition coefficient (Wildman–Crippen LogP) is 3.41. The molecule has 0 N–H and O–H groups in total. The SMILES string of the molecule is C/C=C/C1(F)Oc2ccc(CC#N)cc2C(F)(F)O1. The van der Waals surface area contributed by atoms with Gasteiger partial charge in [0.25, 0.3) is 0 Å². The Labute approximate surface area is 107 Å². The summed E-state index contributed by atoms with van der Waals surface area (Å²) in [5.74, 6) is -0.307. The standard InChI is InChI=1S/C13H10F3NO2/c1-2-6-12(14)18-11-4-3-9(5-7-17)8-10(11)13(15,16)19-12/h2-4,6,8H,5H2,1H3/b6-2+. The first-order valence-corrected chi connectivity index (χ1v) is 5.50. The monoisotopic (exact) mass is 269 g/mol. The minimum absolute atomic E-state index is 0.0288. The maximum Gasteiger partial charge on any atom is 0.392 e. The Morgan fingerprint density at radius 2 is 2.11 bits per heavy atom. The molecule has 6 heteroatoms. The molecule has 19 heavy (non-hydrogen) atoms. The lowest BCUT2D eigenvalue weighted by atomic mass is 10.1. The van der Waals surface area contributed by atoms with Crippen molar-refractivity contribution < 1.29 is 22.6 Å². The van der Waals surface area contributed by atoms with E-state index < -0.39 is 17.7 Å². The van der Waals surface area contributed by atoms with Crippen LogP contribution in [0, 0.1) is 11.3 Å². The van der Waals surface area contributed by atoms with E-state index in [4.69, 9.17) is 10.00 Å². The van der Waals surface area contributed by atoms with Crippen LogP contribution in [-0.2, 0) is 17.3 Å². The first kappa shape index (κ1) is 13.4. The molecule has 2 rings (SSSR count). The summed E-state index contributed by atoms with van der Waals surface area (Å²) >= 11 is 0. The maximum atomic E-state index is 13.9. The zero-order valence-electron chi connectivity index (χ0n) is 9.99. The van der Waals surface area contributed by atoms with Gasteiger partial charge in [0.15, 0.2) is 0 Å². The number of halogens is 3. The zero-order valence-corrected chi connectivity index (χ0v) is 9.99. The van der Waals surface area contributed by atoms with Crippen molar-refractivity contribution in [1.29, 1.82) is 5.26 Å². The third-order valence-electron chi connectivity index (χ3n) is 2.52. The lowest BCUT2D eigenvalue weighted by molar-refractivity contribution is -0.392.